The highest BCUT2D eigenvalue weighted by atomic mass is 16.3. The van der Waals surface area contributed by atoms with Crippen molar-refractivity contribution in [2.24, 2.45) is 0 Å². The van der Waals surface area contributed by atoms with Gasteiger partial charge < -0.3 is 5.11 Å². The Morgan fingerprint density at radius 1 is 0.655 bits per heavy atom. The molecule has 1 atom stereocenters. The summed E-state index contributed by atoms with van der Waals surface area (Å²) in [6, 6.07) is 29.3. The summed E-state index contributed by atoms with van der Waals surface area (Å²) < 4.78 is 0. The van der Waals surface area contributed by atoms with E-state index in [-0.39, 0.29) is 6.61 Å². The smallest absolute Gasteiger partial charge is 0.150 e. The molecule has 4 aromatic carbocycles. The van der Waals surface area contributed by atoms with Gasteiger partial charge >= 0.3 is 0 Å². The first kappa shape index (κ1) is 16.5. The van der Waals surface area contributed by atoms with E-state index in [9.17, 15) is 9.90 Å². The lowest BCUT2D eigenvalue weighted by atomic mass is 9.70. The van der Waals surface area contributed by atoms with E-state index in [0.29, 0.717) is 5.56 Å². The molecule has 2 aliphatic rings. The van der Waals surface area contributed by atoms with E-state index in [0.717, 1.165) is 17.4 Å². The average Bonchev–Trinajstić information content (AvgIpc) is 3.25. The molecule has 0 saturated heterocycles. The summed E-state index contributed by atoms with van der Waals surface area (Å²) in [6.45, 7) is 0.00257. The van der Waals surface area contributed by atoms with E-state index >= 15 is 0 Å². The minimum atomic E-state index is -0.470. The largest absolute Gasteiger partial charge is 0.392 e. The molecule has 0 amide bonds. The molecular weight excluding hydrogens is 356 g/mol. The number of fused-ring (bicyclic) bond motifs is 10. The molecule has 0 aromatic heterocycles. The van der Waals surface area contributed by atoms with Gasteiger partial charge in [-0.2, -0.15) is 0 Å². The molecule has 4 aromatic rings. The summed E-state index contributed by atoms with van der Waals surface area (Å²) in [7, 11) is 0. The Labute approximate surface area is 169 Å². The molecule has 29 heavy (non-hydrogen) atoms. The van der Waals surface area contributed by atoms with Crippen LogP contribution in [0.1, 0.15) is 38.2 Å². The van der Waals surface area contributed by atoms with E-state index in [4.69, 9.17) is 0 Å². The highest BCUT2D eigenvalue weighted by molar-refractivity contribution is 5.96. The van der Waals surface area contributed by atoms with Gasteiger partial charge in [0, 0.05) is 5.56 Å². The number of aliphatic hydroxyl groups excluding tert-OH is 1. The molecule has 0 unspecified atom stereocenters. The first-order valence-electron chi connectivity index (χ1n) is 9.82. The SMILES string of the molecule is O=Cc1ccc2c(c1)[C@]1(c3ccccc3-2)c2ccccc2-c2ccc(CO)cc21. The fourth-order valence-electron chi connectivity index (χ4n) is 5.38. The number of aliphatic hydroxyl groups is 1. The molecule has 1 spiro atoms. The molecule has 0 aliphatic heterocycles. The van der Waals surface area contributed by atoms with Crippen LogP contribution in [0.4, 0.5) is 0 Å². The third kappa shape index (κ3) is 1.92. The third-order valence-corrected chi connectivity index (χ3v) is 6.50. The van der Waals surface area contributed by atoms with Crippen molar-refractivity contribution < 1.29 is 9.90 Å². The lowest BCUT2D eigenvalue weighted by Gasteiger charge is -2.30. The van der Waals surface area contributed by atoms with Crippen LogP contribution in [0.2, 0.25) is 0 Å². The number of hydrogen-bond donors (Lipinski definition) is 1. The van der Waals surface area contributed by atoms with Gasteiger partial charge in [0.2, 0.25) is 0 Å². The lowest BCUT2D eigenvalue weighted by molar-refractivity contribution is 0.112. The number of benzene rings is 4. The zero-order valence-electron chi connectivity index (χ0n) is 15.7. The van der Waals surface area contributed by atoms with Crippen LogP contribution in [-0.2, 0) is 12.0 Å². The Morgan fingerprint density at radius 2 is 1.21 bits per heavy atom. The second-order valence-corrected chi connectivity index (χ2v) is 7.80. The minimum absolute atomic E-state index is 0.00257. The summed E-state index contributed by atoms with van der Waals surface area (Å²) in [5.74, 6) is 0. The quantitative estimate of drug-likeness (QED) is 0.416. The maximum absolute atomic E-state index is 11.6. The van der Waals surface area contributed by atoms with E-state index in [1.54, 1.807) is 0 Å². The highest BCUT2D eigenvalue weighted by Gasteiger charge is 2.51. The maximum Gasteiger partial charge on any atom is 0.150 e. The Kier molecular flexibility index (Phi) is 3.27. The van der Waals surface area contributed by atoms with Crippen LogP contribution >= 0.6 is 0 Å². The van der Waals surface area contributed by atoms with Gasteiger partial charge in [0.05, 0.1) is 12.0 Å². The van der Waals surface area contributed by atoms with Crippen molar-refractivity contribution in [3.8, 4) is 22.3 Å². The van der Waals surface area contributed by atoms with Crippen LogP contribution in [0, 0.1) is 0 Å². The number of aldehydes is 1. The number of carbonyl (C=O) groups excluding carboxylic acids is 1. The van der Waals surface area contributed by atoms with E-state index in [1.165, 1.54) is 38.9 Å². The van der Waals surface area contributed by atoms with Crippen LogP contribution in [0.25, 0.3) is 22.3 Å². The van der Waals surface area contributed by atoms with E-state index < -0.39 is 5.41 Å². The van der Waals surface area contributed by atoms with Crippen molar-refractivity contribution in [2.45, 2.75) is 12.0 Å². The van der Waals surface area contributed by atoms with Gasteiger partial charge in [0.1, 0.15) is 6.29 Å². The minimum Gasteiger partial charge on any atom is -0.392 e. The zero-order valence-corrected chi connectivity index (χ0v) is 15.7. The van der Waals surface area contributed by atoms with Gasteiger partial charge in [0.25, 0.3) is 0 Å². The molecule has 0 heterocycles. The Hall–Kier alpha value is -3.49. The first-order chi connectivity index (χ1) is 14.3. The zero-order chi connectivity index (χ0) is 19.6. The Bertz CT molecular complexity index is 1300. The molecule has 2 nitrogen and oxygen atoms in total. The number of hydrogen-bond acceptors (Lipinski definition) is 2. The van der Waals surface area contributed by atoms with Gasteiger partial charge in [-0.1, -0.05) is 78.9 Å². The Balaban J connectivity index is 1.84. The van der Waals surface area contributed by atoms with Crippen LogP contribution in [0.15, 0.2) is 84.9 Å². The summed E-state index contributed by atoms with van der Waals surface area (Å²) in [6.07, 6.45) is 0.920. The topological polar surface area (TPSA) is 37.3 Å². The molecule has 138 valence electrons. The van der Waals surface area contributed by atoms with E-state index in [2.05, 4.69) is 66.7 Å². The van der Waals surface area contributed by atoms with Gasteiger partial charge in [-0.15, -0.1) is 0 Å². The Morgan fingerprint density at radius 3 is 1.83 bits per heavy atom. The van der Waals surface area contributed by atoms with E-state index in [1.807, 2.05) is 18.2 Å². The maximum atomic E-state index is 11.6. The third-order valence-electron chi connectivity index (χ3n) is 6.50. The van der Waals surface area contributed by atoms with Crippen molar-refractivity contribution in [2.75, 3.05) is 0 Å². The summed E-state index contributed by atoms with van der Waals surface area (Å²) in [5.41, 5.74) is 10.7. The molecule has 0 bridgehead atoms. The molecule has 0 fully saturated rings. The molecule has 6 rings (SSSR count). The number of carbonyl (C=O) groups is 1. The van der Waals surface area contributed by atoms with Gasteiger partial charge in [-0.05, 0) is 56.1 Å². The van der Waals surface area contributed by atoms with Crippen LogP contribution in [0.5, 0.6) is 0 Å². The average molecular weight is 374 g/mol. The molecule has 2 heteroatoms. The predicted octanol–water partition coefficient (Wildman–Crippen LogP) is 5.33. The second-order valence-electron chi connectivity index (χ2n) is 7.80. The summed E-state index contributed by atoms with van der Waals surface area (Å²) in [4.78, 5) is 11.6. The van der Waals surface area contributed by atoms with Gasteiger partial charge in [-0.25, -0.2) is 0 Å². The van der Waals surface area contributed by atoms with Gasteiger partial charge in [-0.3, -0.25) is 4.79 Å². The van der Waals surface area contributed by atoms with Gasteiger partial charge in [0.15, 0.2) is 0 Å². The van der Waals surface area contributed by atoms with Crippen molar-refractivity contribution in [3.05, 3.63) is 118 Å². The van der Waals surface area contributed by atoms with Crippen molar-refractivity contribution in [1.29, 1.82) is 0 Å². The van der Waals surface area contributed by atoms with Crippen molar-refractivity contribution in [3.63, 3.8) is 0 Å². The van der Waals surface area contributed by atoms with Crippen LogP contribution < -0.4 is 0 Å². The molecule has 0 saturated carbocycles. The second kappa shape index (κ2) is 5.76. The normalized spacial score (nSPS) is 17.6. The number of rotatable bonds is 2. The highest BCUT2D eigenvalue weighted by Crippen LogP contribution is 2.62. The molecular formula is C27H18O2. The van der Waals surface area contributed by atoms with Crippen LogP contribution in [0.3, 0.4) is 0 Å². The standard InChI is InChI=1S/C27H18O2/c28-15-17-9-11-21-19-5-1-3-7-23(19)27(25(21)13-17)24-8-4-2-6-20(24)22-12-10-18(16-29)14-26(22)27/h1-15,29H,16H2/t27-/m0/s1. The summed E-state index contributed by atoms with van der Waals surface area (Å²) >= 11 is 0. The molecule has 2 aliphatic carbocycles. The summed E-state index contributed by atoms with van der Waals surface area (Å²) in [5, 5.41) is 9.84. The fraction of sp³-hybridized carbons (Fsp3) is 0.0741. The predicted molar refractivity (Wildman–Crippen MR) is 114 cm³/mol. The monoisotopic (exact) mass is 374 g/mol. The molecule has 0 radical (unpaired) electrons. The lowest BCUT2D eigenvalue weighted by Crippen LogP contribution is -2.26. The van der Waals surface area contributed by atoms with Crippen LogP contribution in [-0.4, -0.2) is 11.4 Å². The first-order valence-corrected chi connectivity index (χ1v) is 9.82. The van der Waals surface area contributed by atoms with Crippen molar-refractivity contribution in [1.82, 2.24) is 0 Å². The fourth-order valence-corrected chi connectivity index (χ4v) is 5.38. The molecule has 1 N–H and O–H groups in total. The van der Waals surface area contributed by atoms with Crippen molar-refractivity contribution >= 4 is 6.29 Å².